The predicted octanol–water partition coefficient (Wildman–Crippen LogP) is 6.02. The zero-order valence-corrected chi connectivity index (χ0v) is 16.9. The van der Waals surface area contributed by atoms with Crippen LogP contribution in [0.5, 0.6) is 11.5 Å². The monoisotopic (exact) mass is 340 g/mol. The van der Waals surface area contributed by atoms with Crippen LogP contribution in [0, 0.1) is 0 Å². The van der Waals surface area contributed by atoms with Gasteiger partial charge in [0.05, 0.1) is 0 Å². The first-order valence-corrected chi connectivity index (χ1v) is 8.92. The maximum Gasteiger partial charge on any atom is 0.115 e. The molecule has 0 fully saturated rings. The van der Waals surface area contributed by atoms with E-state index in [2.05, 4.69) is 55.4 Å². The van der Waals surface area contributed by atoms with Crippen LogP contribution in [-0.4, -0.2) is 10.2 Å². The fraction of sp³-hybridized carbons (Fsp3) is 0.478. The molecule has 2 rings (SSSR count). The van der Waals surface area contributed by atoms with Crippen LogP contribution < -0.4 is 0 Å². The highest BCUT2D eigenvalue weighted by atomic mass is 16.3. The molecule has 0 aliphatic rings. The zero-order chi connectivity index (χ0) is 19.2. The van der Waals surface area contributed by atoms with Crippen LogP contribution in [0.3, 0.4) is 0 Å². The minimum atomic E-state index is -0.257. The van der Waals surface area contributed by atoms with Crippen LogP contribution in [0.1, 0.15) is 77.6 Å². The maximum atomic E-state index is 10.0. The molecule has 2 heteroatoms. The van der Waals surface area contributed by atoms with Crippen molar-refractivity contribution in [2.45, 2.75) is 71.6 Å². The standard InChI is InChI=1S/C23H32O2/c1-21(2,3)19-13-15(24)9-11-17(19)23(7,8)18-12-10-16(25)14-20(18)22(4,5)6/h9-14,24-25H,1-8H3. The Kier molecular flexibility index (Phi) is 4.71. The lowest BCUT2D eigenvalue weighted by atomic mass is 9.67. The average molecular weight is 341 g/mol. The summed E-state index contributed by atoms with van der Waals surface area (Å²) in [5, 5.41) is 20.0. The molecule has 25 heavy (non-hydrogen) atoms. The molecule has 2 N–H and O–H groups in total. The number of hydrogen-bond donors (Lipinski definition) is 2. The second-order valence-corrected chi connectivity index (χ2v) is 9.58. The second kappa shape index (κ2) is 6.09. The van der Waals surface area contributed by atoms with Crippen molar-refractivity contribution in [1.82, 2.24) is 0 Å². The van der Waals surface area contributed by atoms with Gasteiger partial charge in [0.2, 0.25) is 0 Å². The highest BCUT2D eigenvalue weighted by Gasteiger charge is 2.34. The number of rotatable bonds is 2. The Labute approximate surface area is 152 Å². The van der Waals surface area contributed by atoms with Gasteiger partial charge in [-0.25, -0.2) is 0 Å². The Morgan fingerprint density at radius 2 is 0.840 bits per heavy atom. The summed E-state index contributed by atoms with van der Waals surface area (Å²) in [6.45, 7) is 17.5. The van der Waals surface area contributed by atoms with E-state index in [9.17, 15) is 10.2 Å². The van der Waals surface area contributed by atoms with Crippen LogP contribution in [-0.2, 0) is 16.2 Å². The maximum absolute atomic E-state index is 10.0. The van der Waals surface area contributed by atoms with E-state index in [1.807, 2.05) is 24.3 Å². The van der Waals surface area contributed by atoms with Gasteiger partial charge in [0.1, 0.15) is 11.5 Å². The summed E-state index contributed by atoms with van der Waals surface area (Å²) in [6.07, 6.45) is 0. The van der Waals surface area contributed by atoms with Crippen molar-refractivity contribution in [3.63, 3.8) is 0 Å². The van der Waals surface area contributed by atoms with Crippen LogP contribution in [0.2, 0.25) is 0 Å². The molecule has 0 saturated heterocycles. The molecule has 0 saturated carbocycles. The largest absolute Gasteiger partial charge is 0.508 e. The van der Waals surface area contributed by atoms with E-state index in [0.717, 1.165) is 11.1 Å². The molecule has 0 aliphatic heterocycles. The number of phenols is 2. The van der Waals surface area contributed by atoms with E-state index >= 15 is 0 Å². The molecule has 136 valence electrons. The summed E-state index contributed by atoms with van der Waals surface area (Å²) < 4.78 is 0. The first-order chi connectivity index (χ1) is 11.2. The number of phenolic OH excluding ortho intramolecular Hbond substituents is 2. The number of hydrogen-bond acceptors (Lipinski definition) is 2. The molecule has 2 nitrogen and oxygen atoms in total. The second-order valence-electron chi connectivity index (χ2n) is 9.58. The van der Waals surface area contributed by atoms with E-state index in [0.29, 0.717) is 11.5 Å². The molecule has 0 atom stereocenters. The minimum Gasteiger partial charge on any atom is -0.508 e. The molecule has 0 unspecified atom stereocenters. The van der Waals surface area contributed by atoms with E-state index in [1.165, 1.54) is 11.1 Å². The molecule has 0 spiro atoms. The van der Waals surface area contributed by atoms with Gasteiger partial charge in [-0.3, -0.25) is 0 Å². The SMILES string of the molecule is CC(C)(C)c1cc(O)ccc1C(C)(C)c1ccc(O)cc1C(C)(C)C. The molecule has 0 radical (unpaired) electrons. The van der Waals surface area contributed by atoms with Gasteiger partial charge in [-0.05, 0) is 57.3 Å². The van der Waals surface area contributed by atoms with Gasteiger partial charge in [-0.15, -0.1) is 0 Å². The van der Waals surface area contributed by atoms with Gasteiger partial charge in [0, 0.05) is 5.41 Å². The lowest BCUT2D eigenvalue weighted by molar-refractivity contribution is 0.463. The van der Waals surface area contributed by atoms with Gasteiger partial charge in [-0.2, -0.15) is 0 Å². The van der Waals surface area contributed by atoms with E-state index in [1.54, 1.807) is 12.1 Å². The molecule has 0 aromatic heterocycles. The van der Waals surface area contributed by atoms with Crippen LogP contribution >= 0.6 is 0 Å². The molecule has 0 heterocycles. The molecule has 2 aromatic carbocycles. The third kappa shape index (κ3) is 3.84. The van der Waals surface area contributed by atoms with Gasteiger partial charge >= 0.3 is 0 Å². The Hall–Kier alpha value is -1.96. The van der Waals surface area contributed by atoms with E-state index in [4.69, 9.17) is 0 Å². The molecular formula is C23H32O2. The first kappa shape index (κ1) is 19.4. The Morgan fingerprint density at radius 1 is 0.520 bits per heavy atom. The Balaban J connectivity index is 2.77. The number of aromatic hydroxyl groups is 2. The third-order valence-electron chi connectivity index (χ3n) is 4.97. The number of benzene rings is 2. The van der Waals surface area contributed by atoms with Gasteiger partial charge < -0.3 is 10.2 Å². The van der Waals surface area contributed by atoms with Crippen molar-refractivity contribution in [3.8, 4) is 11.5 Å². The summed E-state index contributed by atoms with van der Waals surface area (Å²) in [7, 11) is 0. The van der Waals surface area contributed by atoms with Crippen molar-refractivity contribution in [2.75, 3.05) is 0 Å². The summed E-state index contributed by atoms with van der Waals surface area (Å²) in [4.78, 5) is 0. The summed E-state index contributed by atoms with van der Waals surface area (Å²) in [6, 6.07) is 11.4. The molecule has 0 amide bonds. The highest BCUT2D eigenvalue weighted by molar-refractivity contribution is 5.52. The van der Waals surface area contributed by atoms with Crippen LogP contribution in [0.15, 0.2) is 36.4 Å². The molecule has 0 aliphatic carbocycles. The molecule has 2 aromatic rings. The van der Waals surface area contributed by atoms with Crippen LogP contribution in [0.25, 0.3) is 0 Å². The van der Waals surface area contributed by atoms with Gasteiger partial charge in [0.25, 0.3) is 0 Å². The predicted molar refractivity (Wildman–Crippen MR) is 106 cm³/mol. The average Bonchev–Trinajstić information content (AvgIpc) is 2.44. The van der Waals surface area contributed by atoms with Gasteiger partial charge in [-0.1, -0.05) is 67.5 Å². The van der Waals surface area contributed by atoms with Gasteiger partial charge in [0.15, 0.2) is 0 Å². The first-order valence-electron chi connectivity index (χ1n) is 8.92. The highest BCUT2D eigenvalue weighted by Crippen LogP contribution is 2.43. The molecule has 0 bridgehead atoms. The van der Waals surface area contributed by atoms with Crippen molar-refractivity contribution in [3.05, 3.63) is 58.7 Å². The minimum absolute atomic E-state index is 0.0792. The quantitative estimate of drug-likeness (QED) is 0.702. The van der Waals surface area contributed by atoms with E-state index in [-0.39, 0.29) is 16.2 Å². The summed E-state index contributed by atoms with van der Waals surface area (Å²) >= 11 is 0. The fourth-order valence-electron chi connectivity index (χ4n) is 3.54. The summed E-state index contributed by atoms with van der Waals surface area (Å²) in [5.74, 6) is 0.595. The lowest BCUT2D eigenvalue weighted by Gasteiger charge is -2.37. The smallest absolute Gasteiger partial charge is 0.115 e. The van der Waals surface area contributed by atoms with Crippen LogP contribution in [0.4, 0.5) is 0 Å². The normalized spacial score (nSPS) is 13.1. The molecular weight excluding hydrogens is 308 g/mol. The Bertz CT molecular complexity index is 706. The lowest BCUT2D eigenvalue weighted by Crippen LogP contribution is -2.29. The summed E-state index contributed by atoms with van der Waals surface area (Å²) in [5.41, 5.74) is 4.28. The van der Waals surface area contributed by atoms with Crippen molar-refractivity contribution in [2.24, 2.45) is 0 Å². The Morgan fingerprint density at radius 3 is 1.12 bits per heavy atom. The fourth-order valence-corrected chi connectivity index (χ4v) is 3.54. The topological polar surface area (TPSA) is 40.5 Å². The van der Waals surface area contributed by atoms with Crippen molar-refractivity contribution in [1.29, 1.82) is 0 Å². The third-order valence-corrected chi connectivity index (χ3v) is 4.97. The van der Waals surface area contributed by atoms with Crippen molar-refractivity contribution >= 4 is 0 Å². The van der Waals surface area contributed by atoms with E-state index < -0.39 is 0 Å². The van der Waals surface area contributed by atoms with Crippen molar-refractivity contribution < 1.29 is 10.2 Å². The zero-order valence-electron chi connectivity index (χ0n) is 16.9.